The molecule has 0 amide bonds. The fourth-order valence-corrected chi connectivity index (χ4v) is 2.68. The summed E-state index contributed by atoms with van der Waals surface area (Å²) in [5, 5.41) is 3.62. The Bertz CT molecular complexity index is 596. The Labute approximate surface area is 132 Å². The molecule has 22 heavy (non-hydrogen) atoms. The number of nitrogens with one attached hydrogen (secondary N) is 1. The lowest BCUT2D eigenvalue weighted by atomic mass is 10.2. The van der Waals surface area contributed by atoms with Gasteiger partial charge in [0, 0.05) is 43.6 Å². The average molecular weight is 323 g/mol. The van der Waals surface area contributed by atoms with Crippen molar-refractivity contribution in [1.29, 1.82) is 0 Å². The van der Waals surface area contributed by atoms with E-state index in [2.05, 4.69) is 30.2 Å². The molecule has 0 unspecified atom stereocenters. The fraction of sp³-hybridized carbons (Fsp3) is 0.429. The van der Waals surface area contributed by atoms with Crippen LogP contribution in [0.1, 0.15) is 12.0 Å². The summed E-state index contributed by atoms with van der Waals surface area (Å²) >= 11 is 5.75. The topological polar surface area (TPSA) is 66.8 Å². The minimum atomic E-state index is -0.817. The smallest absolute Gasteiger partial charge is 0.222 e. The van der Waals surface area contributed by atoms with Crippen molar-refractivity contribution < 1.29 is 4.39 Å². The van der Waals surface area contributed by atoms with Gasteiger partial charge in [-0.05, 0) is 6.42 Å². The molecule has 0 spiro atoms. The van der Waals surface area contributed by atoms with Gasteiger partial charge >= 0.3 is 0 Å². The SMILES string of the molecule is F[C@H]1C[C@@H](CNc2ncc(Cl)cn2)N(Cc2cncnc2)C1. The van der Waals surface area contributed by atoms with E-state index < -0.39 is 6.17 Å². The Kier molecular flexibility index (Phi) is 4.74. The Balaban J connectivity index is 1.59. The molecule has 8 heteroatoms. The van der Waals surface area contributed by atoms with Crippen LogP contribution >= 0.6 is 11.6 Å². The second kappa shape index (κ2) is 6.93. The first-order valence-corrected chi connectivity index (χ1v) is 7.42. The molecule has 1 N–H and O–H groups in total. The molecular weight excluding hydrogens is 307 g/mol. The number of hydrogen-bond acceptors (Lipinski definition) is 6. The molecule has 0 aromatic carbocycles. The van der Waals surface area contributed by atoms with Gasteiger partial charge in [-0.25, -0.2) is 24.3 Å². The molecule has 1 saturated heterocycles. The second-order valence-corrected chi connectivity index (χ2v) is 5.71. The Hall–Kier alpha value is -1.86. The number of nitrogens with zero attached hydrogens (tertiary/aromatic N) is 5. The highest BCUT2D eigenvalue weighted by Gasteiger charge is 2.32. The van der Waals surface area contributed by atoms with Crippen molar-refractivity contribution in [3.63, 3.8) is 0 Å². The highest BCUT2D eigenvalue weighted by Crippen LogP contribution is 2.22. The second-order valence-electron chi connectivity index (χ2n) is 5.27. The van der Waals surface area contributed by atoms with Gasteiger partial charge in [0.1, 0.15) is 12.5 Å². The predicted octanol–water partition coefficient (Wildman–Crippen LogP) is 1.94. The third-order valence-corrected chi connectivity index (χ3v) is 3.79. The van der Waals surface area contributed by atoms with Crippen LogP contribution in [0.25, 0.3) is 0 Å². The number of hydrogen-bond donors (Lipinski definition) is 1. The van der Waals surface area contributed by atoms with E-state index in [1.807, 2.05) is 0 Å². The molecule has 0 aliphatic carbocycles. The van der Waals surface area contributed by atoms with E-state index in [-0.39, 0.29) is 6.04 Å². The Morgan fingerprint density at radius 1 is 1.23 bits per heavy atom. The summed E-state index contributed by atoms with van der Waals surface area (Å²) in [6.45, 7) is 1.63. The first kappa shape index (κ1) is 15.1. The molecule has 0 bridgehead atoms. The van der Waals surface area contributed by atoms with E-state index in [4.69, 9.17) is 11.6 Å². The molecule has 3 rings (SSSR count). The zero-order chi connectivity index (χ0) is 15.4. The van der Waals surface area contributed by atoms with Crippen LogP contribution in [0.2, 0.25) is 5.02 Å². The third-order valence-electron chi connectivity index (χ3n) is 3.59. The van der Waals surface area contributed by atoms with E-state index in [1.54, 1.807) is 12.4 Å². The number of aromatic nitrogens is 4. The Morgan fingerprint density at radius 2 is 1.95 bits per heavy atom. The molecule has 116 valence electrons. The lowest BCUT2D eigenvalue weighted by Gasteiger charge is -2.24. The molecule has 1 aliphatic rings. The van der Waals surface area contributed by atoms with E-state index in [0.29, 0.717) is 37.0 Å². The van der Waals surface area contributed by atoms with Crippen molar-refractivity contribution in [2.24, 2.45) is 0 Å². The van der Waals surface area contributed by atoms with Gasteiger partial charge in [0.15, 0.2) is 0 Å². The maximum Gasteiger partial charge on any atom is 0.222 e. The molecule has 1 aliphatic heterocycles. The van der Waals surface area contributed by atoms with Gasteiger partial charge in [0.25, 0.3) is 0 Å². The quantitative estimate of drug-likeness (QED) is 0.907. The summed E-state index contributed by atoms with van der Waals surface area (Å²) in [4.78, 5) is 18.2. The molecule has 0 radical (unpaired) electrons. The van der Waals surface area contributed by atoms with Crippen LogP contribution in [0.4, 0.5) is 10.3 Å². The van der Waals surface area contributed by atoms with E-state index in [1.165, 1.54) is 18.7 Å². The van der Waals surface area contributed by atoms with Crippen molar-refractivity contribution in [3.8, 4) is 0 Å². The third kappa shape index (κ3) is 3.86. The lowest BCUT2D eigenvalue weighted by Crippen LogP contribution is -2.34. The van der Waals surface area contributed by atoms with Crippen molar-refractivity contribution >= 4 is 17.5 Å². The highest BCUT2D eigenvalue weighted by atomic mass is 35.5. The van der Waals surface area contributed by atoms with Gasteiger partial charge in [0.05, 0.1) is 17.4 Å². The van der Waals surface area contributed by atoms with Crippen LogP contribution in [0.3, 0.4) is 0 Å². The predicted molar refractivity (Wildman–Crippen MR) is 81.3 cm³/mol. The van der Waals surface area contributed by atoms with Gasteiger partial charge in [-0.15, -0.1) is 0 Å². The van der Waals surface area contributed by atoms with Gasteiger partial charge in [-0.2, -0.15) is 0 Å². The fourth-order valence-electron chi connectivity index (χ4n) is 2.59. The van der Waals surface area contributed by atoms with Gasteiger partial charge in [0.2, 0.25) is 5.95 Å². The highest BCUT2D eigenvalue weighted by molar-refractivity contribution is 6.30. The number of rotatable bonds is 5. The van der Waals surface area contributed by atoms with Crippen LogP contribution in [0.15, 0.2) is 31.1 Å². The summed E-state index contributed by atoms with van der Waals surface area (Å²) in [6.07, 6.45) is 7.74. The standard InChI is InChI=1S/C14H16ClFN6/c15-11-4-19-14(20-5-11)21-6-13-1-12(16)8-22(13)7-10-2-17-9-18-3-10/h2-5,9,12-13H,1,6-8H2,(H,19,20,21)/t12-,13-/m0/s1. The zero-order valence-electron chi connectivity index (χ0n) is 11.9. The summed E-state index contributed by atoms with van der Waals surface area (Å²) in [7, 11) is 0. The Morgan fingerprint density at radius 3 is 2.68 bits per heavy atom. The molecule has 2 aromatic heterocycles. The monoisotopic (exact) mass is 322 g/mol. The summed E-state index contributed by atoms with van der Waals surface area (Å²) in [5.41, 5.74) is 0.976. The average Bonchev–Trinajstić information content (AvgIpc) is 2.87. The van der Waals surface area contributed by atoms with Crippen molar-refractivity contribution in [3.05, 3.63) is 41.7 Å². The number of anilines is 1. The van der Waals surface area contributed by atoms with E-state index in [0.717, 1.165) is 5.56 Å². The van der Waals surface area contributed by atoms with Crippen molar-refractivity contribution in [2.75, 3.05) is 18.4 Å². The first-order chi connectivity index (χ1) is 10.7. The summed E-state index contributed by atoms with van der Waals surface area (Å²) < 4.78 is 13.8. The lowest BCUT2D eigenvalue weighted by molar-refractivity contribution is 0.241. The number of alkyl halides is 1. The van der Waals surface area contributed by atoms with E-state index in [9.17, 15) is 4.39 Å². The zero-order valence-corrected chi connectivity index (χ0v) is 12.6. The summed E-state index contributed by atoms with van der Waals surface area (Å²) in [6, 6.07) is 0.0782. The van der Waals surface area contributed by atoms with Crippen LogP contribution in [0, 0.1) is 0 Å². The molecule has 6 nitrogen and oxygen atoms in total. The molecule has 2 atom stereocenters. The molecule has 0 saturated carbocycles. The molecule has 1 fully saturated rings. The van der Waals surface area contributed by atoms with Crippen LogP contribution < -0.4 is 5.32 Å². The van der Waals surface area contributed by atoms with Crippen LogP contribution in [-0.4, -0.2) is 50.1 Å². The largest absolute Gasteiger partial charge is 0.353 e. The minimum Gasteiger partial charge on any atom is -0.353 e. The van der Waals surface area contributed by atoms with Crippen LogP contribution in [0.5, 0.6) is 0 Å². The molecular formula is C14H16ClFN6. The van der Waals surface area contributed by atoms with Crippen molar-refractivity contribution in [1.82, 2.24) is 24.8 Å². The van der Waals surface area contributed by atoms with E-state index >= 15 is 0 Å². The minimum absolute atomic E-state index is 0.0782. The van der Waals surface area contributed by atoms with Gasteiger partial charge in [-0.3, -0.25) is 4.90 Å². The number of likely N-dealkylation sites (tertiary alicyclic amines) is 1. The van der Waals surface area contributed by atoms with Gasteiger partial charge < -0.3 is 5.32 Å². The maximum atomic E-state index is 13.8. The van der Waals surface area contributed by atoms with Gasteiger partial charge in [-0.1, -0.05) is 11.6 Å². The number of halogens is 2. The maximum absolute atomic E-state index is 13.8. The molecule has 3 heterocycles. The first-order valence-electron chi connectivity index (χ1n) is 7.04. The van der Waals surface area contributed by atoms with Crippen molar-refractivity contribution in [2.45, 2.75) is 25.2 Å². The molecule has 2 aromatic rings. The van der Waals surface area contributed by atoms with Crippen LogP contribution in [-0.2, 0) is 6.54 Å². The summed E-state index contributed by atoms with van der Waals surface area (Å²) in [5.74, 6) is 0.495. The normalized spacial score (nSPS) is 21.9.